The van der Waals surface area contributed by atoms with Crippen LogP contribution in [-0.4, -0.2) is 34.6 Å². The monoisotopic (exact) mass is 393 g/mol. The van der Waals surface area contributed by atoms with Crippen molar-refractivity contribution in [3.63, 3.8) is 0 Å². The van der Waals surface area contributed by atoms with Crippen molar-refractivity contribution in [1.29, 1.82) is 0 Å². The number of H-pyrrole nitrogens is 1. The van der Waals surface area contributed by atoms with Gasteiger partial charge in [0.25, 0.3) is 0 Å². The molecule has 0 atom stereocenters. The molecule has 3 N–H and O–H groups in total. The molecule has 6 nitrogen and oxygen atoms in total. The van der Waals surface area contributed by atoms with E-state index < -0.39 is 0 Å². The molecule has 0 unspecified atom stereocenters. The molecule has 0 spiro atoms. The average molecular weight is 394 g/mol. The minimum Gasteiger partial charge on any atom is -0.488 e. The lowest BCUT2D eigenvalue weighted by Gasteiger charge is -2.23. The number of fused-ring (bicyclic) bond motifs is 1. The molecule has 1 aromatic heterocycles. The van der Waals surface area contributed by atoms with Gasteiger partial charge in [0.1, 0.15) is 17.2 Å². The number of hydrogen-bond acceptors (Lipinski definition) is 3. The Morgan fingerprint density at radius 2 is 1.83 bits per heavy atom. The van der Waals surface area contributed by atoms with Crippen LogP contribution in [0.1, 0.15) is 39.1 Å². The number of imidazole rings is 1. The molecule has 29 heavy (non-hydrogen) atoms. The zero-order chi connectivity index (χ0) is 20.7. The third-order valence-corrected chi connectivity index (χ3v) is 4.23. The van der Waals surface area contributed by atoms with Gasteiger partial charge in [-0.3, -0.25) is 0 Å². The van der Waals surface area contributed by atoms with Gasteiger partial charge in [0.15, 0.2) is 5.96 Å². The quantitative estimate of drug-likeness (QED) is 0.418. The third kappa shape index (κ3) is 6.24. The van der Waals surface area contributed by atoms with E-state index in [9.17, 15) is 0 Å². The molecule has 0 amide bonds. The fourth-order valence-corrected chi connectivity index (χ4v) is 2.99. The Labute approximate surface area is 172 Å². The van der Waals surface area contributed by atoms with Crippen LogP contribution >= 0.6 is 0 Å². The van der Waals surface area contributed by atoms with Gasteiger partial charge in [0.2, 0.25) is 0 Å². The highest BCUT2D eigenvalue weighted by Crippen LogP contribution is 2.23. The Morgan fingerprint density at radius 3 is 2.59 bits per heavy atom. The topological polar surface area (TPSA) is 74.3 Å². The SMILES string of the molecule is CCNC(=NCc1ccccc1OC(C)(C)C)NCCc1nc2ccccc2[nH]1. The maximum atomic E-state index is 6.07. The molecule has 2 aromatic carbocycles. The first-order valence-corrected chi connectivity index (χ1v) is 10.2. The minimum absolute atomic E-state index is 0.241. The number of aliphatic imine (C=N–C) groups is 1. The summed E-state index contributed by atoms with van der Waals surface area (Å²) in [6.45, 7) is 10.3. The van der Waals surface area contributed by atoms with Crippen molar-refractivity contribution in [3.8, 4) is 5.75 Å². The molecule has 3 rings (SSSR count). The largest absolute Gasteiger partial charge is 0.488 e. The fourth-order valence-electron chi connectivity index (χ4n) is 2.99. The Hall–Kier alpha value is -3.02. The van der Waals surface area contributed by atoms with Gasteiger partial charge in [0.05, 0.1) is 17.6 Å². The molecule has 3 aromatic rings. The van der Waals surface area contributed by atoms with Crippen LogP contribution in [0.5, 0.6) is 5.75 Å². The van der Waals surface area contributed by atoms with E-state index in [1.165, 1.54) is 0 Å². The number of aromatic amines is 1. The molecule has 0 saturated carbocycles. The summed E-state index contributed by atoms with van der Waals surface area (Å²) in [5, 5.41) is 6.69. The smallest absolute Gasteiger partial charge is 0.191 e. The number of ether oxygens (including phenoxy) is 1. The number of nitrogens with one attached hydrogen (secondary N) is 3. The Balaban J connectivity index is 1.61. The van der Waals surface area contributed by atoms with E-state index in [0.29, 0.717) is 6.54 Å². The summed E-state index contributed by atoms with van der Waals surface area (Å²) in [6, 6.07) is 16.1. The number of para-hydroxylation sites is 3. The second kappa shape index (κ2) is 9.45. The van der Waals surface area contributed by atoms with Crippen molar-refractivity contribution in [2.24, 2.45) is 4.99 Å². The van der Waals surface area contributed by atoms with Crippen LogP contribution in [-0.2, 0) is 13.0 Å². The zero-order valence-corrected chi connectivity index (χ0v) is 17.7. The van der Waals surface area contributed by atoms with E-state index in [4.69, 9.17) is 9.73 Å². The maximum absolute atomic E-state index is 6.07. The predicted octanol–water partition coefficient (Wildman–Crippen LogP) is 4.04. The van der Waals surface area contributed by atoms with Gasteiger partial charge >= 0.3 is 0 Å². The standard InChI is InChI=1S/C23H31N5O/c1-5-24-22(25-15-14-21-27-18-11-7-8-12-19(18)28-21)26-16-17-10-6-9-13-20(17)29-23(2,3)4/h6-13H,5,14-16H2,1-4H3,(H,27,28)(H2,24,25,26). The van der Waals surface area contributed by atoms with Crippen LogP contribution in [0, 0.1) is 0 Å². The van der Waals surface area contributed by atoms with E-state index in [1.54, 1.807) is 0 Å². The molecule has 0 aliphatic rings. The van der Waals surface area contributed by atoms with Crippen molar-refractivity contribution in [3.05, 3.63) is 59.9 Å². The van der Waals surface area contributed by atoms with Gasteiger partial charge in [0, 0.05) is 25.1 Å². The highest BCUT2D eigenvalue weighted by Gasteiger charge is 2.14. The summed E-state index contributed by atoms with van der Waals surface area (Å²) < 4.78 is 6.07. The van der Waals surface area contributed by atoms with Crippen LogP contribution in [0.3, 0.4) is 0 Å². The number of aromatic nitrogens is 2. The number of benzene rings is 2. The first kappa shape index (κ1) is 20.7. The van der Waals surface area contributed by atoms with Gasteiger partial charge in [-0.1, -0.05) is 30.3 Å². The molecule has 0 radical (unpaired) electrons. The summed E-state index contributed by atoms with van der Waals surface area (Å²) in [7, 11) is 0. The minimum atomic E-state index is -0.241. The molecule has 0 bridgehead atoms. The molecular weight excluding hydrogens is 362 g/mol. The van der Waals surface area contributed by atoms with E-state index >= 15 is 0 Å². The zero-order valence-electron chi connectivity index (χ0n) is 17.7. The predicted molar refractivity (Wildman–Crippen MR) is 119 cm³/mol. The lowest BCUT2D eigenvalue weighted by atomic mass is 10.1. The van der Waals surface area contributed by atoms with Crippen LogP contribution in [0.4, 0.5) is 0 Å². The first-order chi connectivity index (χ1) is 13.9. The molecule has 6 heteroatoms. The van der Waals surface area contributed by atoms with Gasteiger partial charge in [-0.05, 0) is 45.9 Å². The first-order valence-electron chi connectivity index (χ1n) is 10.2. The molecule has 1 heterocycles. The highest BCUT2D eigenvalue weighted by atomic mass is 16.5. The van der Waals surface area contributed by atoms with Crippen molar-refractivity contribution in [1.82, 2.24) is 20.6 Å². The second-order valence-electron chi connectivity index (χ2n) is 7.89. The molecule has 0 aliphatic heterocycles. The number of guanidine groups is 1. The Kier molecular flexibility index (Phi) is 6.75. The lowest BCUT2D eigenvalue weighted by molar-refractivity contribution is 0.129. The summed E-state index contributed by atoms with van der Waals surface area (Å²) in [5.74, 6) is 2.63. The average Bonchev–Trinajstić information content (AvgIpc) is 3.08. The number of nitrogens with zero attached hydrogens (tertiary/aromatic N) is 2. The molecule has 0 saturated heterocycles. The Bertz CT molecular complexity index is 922. The van der Waals surface area contributed by atoms with Crippen LogP contribution in [0.25, 0.3) is 11.0 Å². The summed E-state index contributed by atoms with van der Waals surface area (Å²) in [6.07, 6.45) is 0.794. The van der Waals surface area contributed by atoms with Crippen molar-refractivity contribution < 1.29 is 4.74 Å². The van der Waals surface area contributed by atoms with Crippen LogP contribution in [0.2, 0.25) is 0 Å². The summed E-state index contributed by atoms with van der Waals surface area (Å²) in [4.78, 5) is 12.7. The molecule has 154 valence electrons. The van der Waals surface area contributed by atoms with E-state index in [2.05, 4.69) is 54.4 Å². The fraction of sp³-hybridized carbons (Fsp3) is 0.391. The normalized spacial score (nSPS) is 12.2. The highest BCUT2D eigenvalue weighted by molar-refractivity contribution is 5.79. The van der Waals surface area contributed by atoms with Crippen LogP contribution < -0.4 is 15.4 Å². The molecule has 0 aliphatic carbocycles. The third-order valence-electron chi connectivity index (χ3n) is 4.23. The molecule has 0 fully saturated rings. The van der Waals surface area contributed by atoms with Crippen molar-refractivity contribution in [2.75, 3.05) is 13.1 Å². The van der Waals surface area contributed by atoms with Gasteiger partial charge < -0.3 is 20.4 Å². The number of rotatable bonds is 7. The summed E-state index contributed by atoms with van der Waals surface area (Å²) in [5.41, 5.74) is 2.89. The Morgan fingerprint density at radius 1 is 1.07 bits per heavy atom. The van der Waals surface area contributed by atoms with Crippen molar-refractivity contribution in [2.45, 2.75) is 46.3 Å². The van der Waals surface area contributed by atoms with Crippen LogP contribution in [0.15, 0.2) is 53.5 Å². The van der Waals surface area contributed by atoms with Gasteiger partial charge in [-0.2, -0.15) is 0 Å². The summed E-state index contributed by atoms with van der Waals surface area (Å²) >= 11 is 0. The number of hydrogen-bond donors (Lipinski definition) is 3. The lowest BCUT2D eigenvalue weighted by Crippen LogP contribution is -2.38. The van der Waals surface area contributed by atoms with E-state index in [1.807, 2.05) is 42.5 Å². The maximum Gasteiger partial charge on any atom is 0.191 e. The van der Waals surface area contributed by atoms with Crippen molar-refractivity contribution >= 4 is 17.0 Å². The van der Waals surface area contributed by atoms with E-state index in [0.717, 1.165) is 53.6 Å². The van der Waals surface area contributed by atoms with Gasteiger partial charge in [-0.15, -0.1) is 0 Å². The van der Waals surface area contributed by atoms with E-state index in [-0.39, 0.29) is 5.60 Å². The molecular formula is C23H31N5O. The second-order valence-corrected chi connectivity index (χ2v) is 7.89. The van der Waals surface area contributed by atoms with Gasteiger partial charge in [-0.25, -0.2) is 9.98 Å².